The second-order valence-corrected chi connectivity index (χ2v) is 15.1. The third-order valence-corrected chi connectivity index (χ3v) is 11.9. The van der Waals surface area contributed by atoms with Crippen LogP contribution in [0.4, 0.5) is 17.1 Å². The summed E-state index contributed by atoms with van der Waals surface area (Å²) in [5.74, 6) is 0. The molecule has 8 aromatic carbocycles. The molecule has 0 aliphatic carbocycles. The zero-order chi connectivity index (χ0) is 37.0. The summed E-state index contributed by atoms with van der Waals surface area (Å²) in [6.07, 6.45) is 0. The lowest BCUT2D eigenvalue weighted by molar-refractivity contribution is 1.17. The standard InChI is InChI=1S/C52H35N3S/c1-4-12-36(13-5-1)38-20-24-41(25-21-38)53(42-26-22-39(23-27-42)37-14-6-2-7-15-37)43-28-30-44(31-29-43)55-47-19-11-10-18-45(47)46-32-33-48-50(51(46)55)52-49(34-35-56-52)54(48)40-16-8-3-9-17-40/h1-35H. The minimum Gasteiger partial charge on any atom is -0.311 e. The van der Waals surface area contributed by atoms with Gasteiger partial charge in [-0.25, -0.2) is 0 Å². The molecular weight excluding hydrogens is 699 g/mol. The number of thiophene rings is 1. The second-order valence-electron chi connectivity index (χ2n) is 14.2. The van der Waals surface area contributed by atoms with Gasteiger partial charge in [0.1, 0.15) is 0 Å². The SMILES string of the molecule is c1ccc(-c2ccc(N(c3ccc(-c4ccccc4)cc3)c3ccc(-n4c5ccccc5c5ccc6c(c7sccc7n6-c6ccccc6)c54)cc3)cc2)cc1. The third-order valence-electron chi connectivity index (χ3n) is 11.0. The van der Waals surface area contributed by atoms with Crippen LogP contribution < -0.4 is 4.90 Å². The molecule has 11 rings (SSSR count). The minimum atomic E-state index is 1.09. The fraction of sp³-hybridized carbons (Fsp3) is 0. The smallest absolute Gasteiger partial charge is 0.0649 e. The highest BCUT2D eigenvalue weighted by molar-refractivity contribution is 7.18. The second kappa shape index (κ2) is 13.3. The van der Waals surface area contributed by atoms with Gasteiger partial charge < -0.3 is 14.0 Å². The summed E-state index contributed by atoms with van der Waals surface area (Å²) in [6, 6.07) is 74.5. The van der Waals surface area contributed by atoms with E-state index in [1.807, 2.05) is 11.3 Å². The maximum absolute atomic E-state index is 2.47. The predicted octanol–water partition coefficient (Wildman–Crippen LogP) is 14.7. The van der Waals surface area contributed by atoms with E-state index in [0.29, 0.717) is 0 Å². The van der Waals surface area contributed by atoms with Gasteiger partial charge in [0.15, 0.2) is 0 Å². The summed E-state index contributed by atoms with van der Waals surface area (Å²) < 4.78 is 6.19. The molecule has 3 heterocycles. The molecule has 0 radical (unpaired) electrons. The first-order chi connectivity index (χ1) is 27.8. The topological polar surface area (TPSA) is 13.1 Å². The Labute approximate surface area is 329 Å². The third kappa shape index (κ3) is 5.26. The van der Waals surface area contributed by atoms with Crippen LogP contribution in [0, 0.1) is 0 Å². The van der Waals surface area contributed by atoms with Crippen molar-refractivity contribution in [3.8, 4) is 33.6 Å². The normalized spacial score (nSPS) is 11.6. The van der Waals surface area contributed by atoms with Crippen LogP contribution >= 0.6 is 11.3 Å². The van der Waals surface area contributed by atoms with Gasteiger partial charge in [-0.05, 0) is 106 Å². The summed E-state index contributed by atoms with van der Waals surface area (Å²) in [6.45, 7) is 0. The van der Waals surface area contributed by atoms with E-state index in [2.05, 4.69) is 226 Å². The van der Waals surface area contributed by atoms with Crippen molar-refractivity contribution >= 4 is 71.3 Å². The molecule has 0 spiro atoms. The molecule has 0 fully saturated rings. The van der Waals surface area contributed by atoms with Gasteiger partial charge in [-0.2, -0.15) is 0 Å². The van der Waals surface area contributed by atoms with Gasteiger partial charge in [0, 0.05) is 44.6 Å². The predicted molar refractivity (Wildman–Crippen MR) is 239 cm³/mol. The van der Waals surface area contributed by atoms with Crippen LogP contribution in [0.15, 0.2) is 212 Å². The number of rotatable bonds is 7. The Bertz CT molecular complexity index is 3060. The zero-order valence-corrected chi connectivity index (χ0v) is 31.3. The fourth-order valence-electron chi connectivity index (χ4n) is 8.44. The minimum absolute atomic E-state index is 1.09. The van der Waals surface area contributed by atoms with Crippen LogP contribution in [0.2, 0.25) is 0 Å². The highest BCUT2D eigenvalue weighted by Gasteiger charge is 2.22. The molecule has 4 heteroatoms. The Balaban J connectivity index is 1.07. The molecule has 3 aromatic heterocycles. The van der Waals surface area contributed by atoms with E-state index in [1.54, 1.807) is 0 Å². The fourth-order valence-corrected chi connectivity index (χ4v) is 9.37. The molecule has 0 N–H and O–H groups in total. The molecule has 0 aliphatic rings. The van der Waals surface area contributed by atoms with Crippen molar-refractivity contribution in [1.29, 1.82) is 0 Å². The van der Waals surface area contributed by atoms with Gasteiger partial charge in [-0.3, -0.25) is 0 Å². The van der Waals surface area contributed by atoms with E-state index < -0.39 is 0 Å². The number of nitrogens with zero attached hydrogens (tertiary/aromatic N) is 3. The lowest BCUT2D eigenvalue weighted by atomic mass is 10.0. The van der Waals surface area contributed by atoms with Crippen molar-refractivity contribution in [2.24, 2.45) is 0 Å². The molecule has 264 valence electrons. The summed E-state index contributed by atoms with van der Waals surface area (Å²) in [5, 5.41) is 6.02. The maximum atomic E-state index is 2.47. The molecule has 0 bridgehead atoms. The highest BCUT2D eigenvalue weighted by atomic mass is 32.1. The van der Waals surface area contributed by atoms with Crippen LogP contribution in [0.3, 0.4) is 0 Å². The summed E-state index contributed by atoms with van der Waals surface area (Å²) in [4.78, 5) is 2.35. The van der Waals surface area contributed by atoms with E-state index in [9.17, 15) is 0 Å². The van der Waals surface area contributed by atoms with Crippen molar-refractivity contribution < 1.29 is 0 Å². The van der Waals surface area contributed by atoms with Gasteiger partial charge in [0.2, 0.25) is 0 Å². The molecule has 0 unspecified atom stereocenters. The molecule has 0 aliphatic heterocycles. The Morgan fingerprint density at radius 2 is 0.839 bits per heavy atom. The first kappa shape index (κ1) is 32.3. The van der Waals surface area contributed by atoms with E-state index in [-0.39, 0.29) is 0 Å². The largest absolute Gasteiger partial charge is 0.311 e. The summed E-state index contributed by atoms with van der Waals surface area (Å²) >= 11 is 1.82. The Hall–Kier alpha value is -7.14. The van der Waals surface area contributed by atoms with Gasteiger partial charge >= 0.3 is 0 Å². The van der Waals surface area contributed by atoms with Crippen LogP contribution in [-0.4, -0.2) is 9.13 Å². The molecule has 11 aromatic rings. The van der Waals surface area contributed by atoms with Crippen LogP contribution in [0.5, 0.6) is 0 Å². The van der Waals surface area contributed by atoms with Gasteiger partial charge in [-0.1, -0.05) is 127 Å². The van der Waals surface area contributed by atoms with E-state index in [4.69, 9.17) is 0 Å². The van der Waals surface area contributed by atoms with Crippen molar-refractivity contribution in [2.45, 2.75) is 0 Å². The number of fused-ring (bicyclic) bond motifs is 7. The Kier molecular flexibility index (Phi) is 7.68. The van der Waals surface area contributed by atoms with Crippen LogP contribution in [-0.2, 0) is 0 Å². The Morgan fingerprint density at radius 3 is 1.45 bits per heavy atom. The number of anilines is 3. The monoisotopic (exact) mass is 733 g/mol. The Morgan fingerprint density at radius 1 is 0.339 bits per heavy atom. The molecule has 56 heavy (non-hydrogen) atoms. The van der Waals surface area contributed by atoms with Crippen molar-refractivity contribution in [3.63, 3.8) is 0 Å². The van der Waals surface area contributed by atoms with Crippen molar-refractivity contribution in [1.82, 2.24) is 9.13 Å². The molecule has 3 nitrogen and oxygen atoms in total. The summed E-state index contributed by atoms with van der Waals surface area (Å²) in [7, 11) is 0. The number of hydrogen-bond acceptors (Lipinski definition) is 2. The van der Waals surface area contributed by atoms with Gasteiger partial charge in [-0.15, -0.1) is 11.3 Å². The quantitative estimate of drug-likeness (QED) is 0.159. The highest BCUT2D eigenvalue weighted by Crippen LogP contribution is 2.44. The molecule has 0 amide bonds. The first-order valence-electron chi connectivity index (χ1n) is 19.0. The number of para-hydroxylation sites is 2. The molecular formula is C52H35N3S. The van der Waals surface area contributed by atoms with Gasteiger partial charge in [0.25, 0.3) is 0 Å². The van der Waals surface area contributed by atoms with Gasteiger partial charge in [0.05, 0.1) is 26.8 Å². The van der Waals surface area contributed by atoms with Crippen LogP contribution in [0.25, 0.3) is 76.6 Å². The zero-order valence-electron chi connectivity index (χ0n) is 30.5. The first-order valence-corrected chi connectivity index (χ1v) is 19.9. The number of benzene rings is 8. The van der Waals surface area contributed by atoms with E-state index in [0.717, 1.165) is 22.7 Å². The maximum Gasteiger partial charge on any atom is 0.0649 e. The molecule has 0 atom stereocenters. The van der Waals surface area contributed by atoms with E-state index in [1.165, 1.54) is 70.9 Å². The summed E-state index contributed by atoms with van der Waals surface area (Å²) in [5.41, 5.74) is 15.3. The average molecular weight is 734 g/mol. The lowest BCUT2D eigenvalue weighted by Gasteiger charge is -2.26. The van der Waals surface area contributed by atoms with Crippen molar-refractivity contribution in [3.05, 3.63) is 212 Å². The van der Waals surface area contributed by atoms with Crippen LogP contribution in [0.1, 0.15) is 0 Å². The number of hydrogen-bond donors (Lipinski definition) is 0. The molecule has 0 saturated heterocycles. The van der Waals surface area contributed by atoms with Crippen molar-refractivity contribution in [2.75, 3.05) is 4.90 Å². The lowest BCUT2D eigenvalue weighted by Crippen LogP contribution is -2.10. The van der Waals surface area contributed by atoms with E-state index >= 15 is 0 Å². The molecule has 0 saturated carbocycles. The number of aromatic nitrogens is 2. The average Bonchev–Trinajstić information content (AvgIpc) is 3.97.